The quantitative estimate of drug-likeness (QED) is 0.446. The molecule has 0 fully saturated rings. The molecule has 0 saturated carbocycles. The first kappa shape index (κ1) is 21.2. The van der Waals surface area contributed by atoms with Gasteiger partial charge in [0.25, 0.3) is 5.91 Å². The van der Waals surface area contributed by atoms with Crippen molar-refractivity contribution in [1.29, 1.82) is 0 Å². The Labute approximate surface area is 181 Å². The van der Waals surface area contributed by atoms with E-state index in [0.29, 0.717) is 27.0 Å². The molecule has 4 nitrogen and oxygen atoms in total. The molecule has 148 valence electrons. The van der Waals surface area contributed by atoms with Crippen LogP contribution in [0.15, 0.2) is 71.6 Å². The van der Waals surface area contributed by atoms with Gasteiger partial charge in [-0.15, -0.1) is 11.8 Å². The minimum absolute atomic E-state index is 0.185. The molecule has 0 aliphatic rings. The fourth-order valence-corrected chi connectivity index (χ4v) is 3.42. The van der Waals surface area contributed by atoms with Crippen LogP contribution in [0.1, 0.15) is 10.4 Å². The van der Waals surface area contributed by atoms with Gasteiger partial charge in [0.2, 0.25) is 5.91 Å². The highest BCUT2D eigenvalue weighted by molar-refractivity contribution is 8.00. The summed E-state index contributed by atoms with van der Waals surface area (Å²) in [6, 6.07) is 17.4. The molecule has 0 radical (unpaired) electrons. The molecule has 0 atom stereocenters. The molecule has 0 aliphatic carbocycles. The Morgan fingerprint density at radius 2 is 1.59 bits per heavy atom. The third kappa shape index (κ3) is 5.97. The minimum Gasteiger partial charge on any atom is -0.324 e. The number of carbonyl (C=O) groups excluding carboxylic acids is 2. The van der Waals surface area contributed by atoms with Crippen LogP contribution in [-0.2, 0) is 4.79 Å². The molecule has 8 heteroatoms. The van der Waals surface area contributed by atoms with E-state index in [-0.39, 0.29) is 17.6 Å². The Hall–Kier alpha value is -2.54. The maximum absolute atomic E-state index is 12.9. The van der Waals surface area contributed by atoms with Gasteiger partial charge in [0.1, 0.15) is 5.82 Å². The average molecular weight is 449 g/mol. The number of carbonyl (C=O) groups is 2. The van der Waals surface area contributed by atoms with Crippen LogP contribution >= 0.6 is 35.0 Å². The van der Waals surface area contributed by atoms with Crippen LogP contribution in [0.4, 0.5) is 15.8 Å². The van der Waals surface area contributed by atoms with E-state index in [9.17, 15) is 14.0 Å². The van der Waals surface area contributed by atoms with E-state index in [1.807, 2.05) is 0 Å². The lowest BCUT2D eigenvalue weighted by atomic mass is 10.2. The zero-order valence-corrected chi connectivity index (χ0v) is 17.2. The first-order valence-corrected chi connectivity index (χ1v) is 10.2. The van der Waals surface area contributed by atoms with Crippen LogP contribution in [0.2, 0.25) is 10.0 Å². The lowest BCUT2D eigenvalue weighted by molar-refractivity contribution is -0.113. The standard InChI is InChI=1S/C21H15Cl2FN2O2S/c22-17-2-1-3-18(20(17)23)26-19(27)12-29-16-10-8-15(9-11-16)25-21(28)13-4-6-14(24)7-5-13/h1-11H,12H2,(H,25,28)(H,26,27). The third-order valence-corrected chi connectivity index (χ3v) is 5.65. The third-order valence-electron chi connectivity index (χ3n) is 3.81. The number of thioether (sulfide) groups is 1. The van der Waals surface area contributed by atoms with Crippen molar-refractivity contribution in [3.63, 3.8) is 0 Å². The number of hydrogen-bond donors (Lipinski definition) is 2. The summed E-state index contributed by atoms with van der Waals surface area (Å²) in [4.78, 5) is 25.1. The van der Waals surface area contributed by atoms with Gasteiger partial charge in [-0.05, 0) is 60.7 Å². The Bertz CT molecular complexity index is 1030. The number of rotatable bonds is 6. The monoisotopic (exact) mass is 448 g/mol. The van der Waals surface area contributed by atoms with Crippen molar-refractivity contribution < 1.29 is 14.0 Å². The van der Waals surface area contributed by atoms with E-state index >= 15 is 0 Å². The van der Waals surface area contributed by atoms with Crippen molar-refractivity contribution in [2.75, 3.05) is 16.4 Å². The number of nitrogens with one attached hydrogen (secondary N) is 2. The number of hydrogen-bond acceptors (Lipinski definition) is 3. The van der Waals surface area contributed by atoms with Gasteiger partial charge in [-0.2, -0.15) is 0 Å². The number of amides is 2. The predicted molar refractivity (Wildman–Crippen MR) is 117 cm³/mol. The highest BCUT2D eigenvalue weighted by Crippen LogP contribution is 2.30. The van der Waals surface area contributed by atoms with Crippen molar-refractivity contribution in [3.05, 3.63) is 88.2 Å². The van der Waals surface area contributed by atoms with E-state index in [1.165, 1.54) is 36.0 Å². The van der Waals surface area contributed by atoms with Crippen LogP contribution in [0, 0.1) is 5.82 Å². The first-order valence-electron chi connectivity index (χ1n) is 8.46. The largest absolute Gasteiger partial charge is 0.324 e. The molecule has 3 aromatic rings. The molecule has 3 rings (SSSR count). The fraction of sp³-hybridized carbons (Fsp3) is 0.0476. The Morgan fingerprint density at radius 3 is 2.28 bits per heavy atom. The van der Waals surface area contributed by atoms with Gasteiger partial charge < -0.3 is 10.6 Å². The van der Waals surface area contributed by atoms with Gasteiger partial charge in [0.15, 0.2) is 0 Å². The second-order valence-corrected chi connectivity index (χ2v) is 7.76. The van der Waals surface area contributed by atoms with Gasteiger partial charge in [-0.1, -0.05) is 29.3 Å². The van der Waals surface area contributed by atoms with Crippen LogP contribution in [-0.4, -0.2) is 17.6 Å². The minimum atomic E-state index is -0.399. The van der Waals surface area contributed by atoms with Gasteiger partial charge in [0, 0.05) is 16.1 Å². The molecule has 0 unspecified atom stereocenters. The molecule has 2 N–H and O–H groups in total. The summed E-state index contributed by atoms with van der Waals surface area (Å²) in [5.74, 6) is -0.759. The van der Waals surface area contributed by atoms with E-state index < -0.39 is 5.82 Å². The summed E-state index contributed by atoms with van der Waals surface area (Å²) >= 11 is 13.3. The summed E-state index contributed by atoms with van der Waals surface area (Å²) < 4.78 is 12.9. The number of halogens is 3. The number of benzene rings is 3. The smallest absolute Gasteiger partial charge is 0.255 e. The normalized spacial score (nSPS) is 10.4. The second-order valence-electron chi connectivity index (χ2n) is 5.92. The Kier molecular flexibility index (Phi) is 7.14. The Morgan fingerprint density at radius 1 is 0.897 bits per heavy atom. The molecule has 0 aliphatic heterocycles. The highest BCUT2D eigenvalue weighted by atomic mass is 35.5. The molecule has 29 heavy (non-hydrogen) atoms. The van der Waals surface area contributed by atoms with Crippen molar-refractivity contribution in [2.24, 2.45) is 0 Å². The van der Waals surface area contributed by atoms with E-state index in [2.05, 4.69) is 10.6 Å². The molecule has 0 bridgehead atoms. The van der Waals surface area contributed by atoms with Gasteiger partial charge in [-0.3, -0.25) is 9.59 Å². The summed E-state index contributed by atoms with van der Waals surface area (Å²) in [6.07, 6.45) is 0. The molecule has 0 aromatic heterocycles. The maximum atomic E-state index is 12.9. The highest BCUT2D eigenvalue weighted by Gasteiger charge is 2.10. The maximum Gasteiger partial charge on any atom is 0.255 e. The molecule has 3 aromatic carbocycles. The van der Waals surface area contributed by atoms with Gasteiger partial charge in [-0.25, -0.2) is 4.39 Å². The Balaban J connectivity index is 1.52. The molecular weight excluding hydrogens is 434 g/mol. The SMILES string of the molecule is O=C(CSc1ccc(NC(=O)c2ccc(F)cc2)cc1)Nc1cccc(Cl)c1Cl. The zero-order valence-electron chi connectivity index (χ0n) is 14.9. The van der Waals surface area contributed by atoms with E-state index in [0.717, 1.165) is 4.90 Å². The zero-order chi connectivity index (χ0) is 20.8. The lowest BCUT2D eigenvalue weighted by Crippen LogP contribution is -2.14. The summed E-state index contributed by atoms with van der Waals surface area (Å²) in [5, 5.41) is 6.13. The van der Waals surface area contributed by atoms with E-state index in [4.69, 9.17) is 23.2 Å². The summed E-state index contributed by atoms with van der Waals surface area (Å²) in [7, 11) is 0. The molecule has 0 saturated heterocycles. The topological polar surface area (TPSA) is 58.2 Å². The van der Waals surface area contributed by atoms with Crippen molar-refractivity contribution >= 4 is 58.2 Å². The molecule has 0 spiro atoms. The molecular formula is C21H15Cl2FN2O2S. The molecule has 2 amide bonds. The average Bonchev–Trinajstić information content (AvgIpc) is 2.71. The predicted octanol–water partition coefficient (Wildman–Crippen LogP) is 6.12. The van der Waals surface area contributed by atoms with Crippen LogP contribution < -0.4 is 10.6 Å². The first-order chi connectivity index (χ1) is 13.9. The van der Waals surface area contributed by atoms with Crippen molar-refractivity contribution in [2.45, 2.75) is 4.90 Å². The summed E-state index contributed by atoms with van der Waals surface area (Å²) in [5.41, 5.74) is 1.42. The van der Waals surface area contributed by atoms with E-state index in [1.54, 1.807) is 42.5 Å². The molecule has 0 heterocycles. The van der Waals surface area contributed by atoms with Crippen molar-refractivity contribution in [1.82, 2.24) is 0 Å². The second kappa shape index (κ2) is 9.78. The fourth-order valence-electron chi connectivity index (χ4n) is 2.37. The van der Waals surface area contributed by atoms with Gasteiger partial charge >= 0.3 is 0 Å². The van der Waals surface area contributed by atoms with Crippen molar-refractivity contribution in [3.8, 4) is 0 Å². The summed E-state index contributed by atoms with van der Waals surface area (Å²) in [6.45, 7) is 0. The van der Waals surface area contributed by atoms with Crippen LogP contribution in [0.5, 0.6) is 0 Å². The van der Waals surface area contributed by atoms with Gasteiger partial charge in [0.05, 0.1) is 21.5 Å². The van der Waals surface area contributed by atoms with Crippen LogP contribution in [0.25, 0.3) is 0 Å². The van der Waals surface area contributed by atoms with Crippen LogP contribution in [0.3, 0.4) is 0 Å². The lowest BCUT2D eigenvalue weighted by Gasteiger charge is -2.09. The number of anilines is 2.